The van der Waals surface area contributed by atoms with Gasteiger partial charge in [-0.05, 0) is 65.7 Å². The molecule has 2 aromatic heterocycles. The molecule has 0 bridgehead atoms. The number of hydrogen-bond acceptors (Lipinski definition) is 5. The summed E-state index contributed by atoms with van der Waals surface area (Å²) in [5.74, 6) is 2.07. The van der Waals surface area contributed by atoms with Gasteiger partial charge in [-0.15, -0.1) is 11.3 Å². The Morgan fingerprint density at radius 1 is 1.18 bits per heavy atom. The number of thiophene rings is 1. The van der Waals surface area contributed by atoms with Crippen molar-refractivity contribution in [3.8, 4) is 0 Å². The summed E-state index contributed by atoms with van der Waals surface area (Å²) in [5, 5.41) is 0. The molecule has 0 radical (unpaired) electrons. The maximum Gasteiger partial charge on any atom is 0.150 e. The van der Waals surface area contributed by atoms with Crippen molar-refractivity contribution in [2.75, 3.05) is 38.6 Å². The highest BCUT2D eigenvalue weighted by Crippen LogP contribution is 2.33. The van der Waals surface area contributed by atoms with Crippen molar-refractivity contribution in [3.05, 3.63) is 16.8 Å². The minimum absolute atomic E-state index is 0.894. The lowest BCUT2D eigenvalue weighted by atomic mass is 10.1. The summed E-state index contributed by atoms with van der Waals surface area (Å²) >= 11 is 1.89. The number of aromatic nitrogens is 2. The van der Waals surface area contributed by atoms with E-state index in [1.807, 2.05) is 18.3 Å². The first-order chi connectivity index (χ1) is 10.6. The quantitative estimate of drug-likeness (QED) is 0.845. The summed E-state index contributed by atoms with van der Waals surface area (Å²) in [6.07, 6.45) is 6.25. The van der Waals surface area contributed by atoms with Crippen LogP contribution in [0.4, 0.5) is 5.82 Å². The molecule has 0 amide bonds. The molecule has 0 N–H and O–H groups in total. The SMILES string of the molecule is Cc1nc(N2CCCCC2)c2sc(CCCN(C)C)cc2n1. The van der Waals surface area contributed by atoms with Crippen LogP contribution in [0, 0.1) is 6.92 Å². The number of anilines is 1. The minimum Gasteiger partial charge on any atom is -0.355 e. The lowest BCUT2D eigenvalue weighted by Crippen LogP contribution is -2.30. The van der Waals surface area contributed by atoms with Crippen LogP contribution in [-0.2, 0) is 6.42 Å². The van der Waals surface area contributed by atoms with Gasteiger partial charge in [0.1, 0.15) is 11.6 Å². The van der Waals surface area contributed by atoms with Gasteiger partial charge in [-0.1, -0.05) is 0 Å². The normalized spacial score (nSPS) is 15.9. The summed E-state index contributed by atoms with van der Waals surface area (Å²) < 4.78 is 1.28. The molecule has 1 aliphatic rings. The smallest absolute Gasteiger partial charge is 0.150 e. The Hall–Kier alpha value is -1.20. The van der Waals surface area contributed by atoms with E-state index in [0.29, 0.717) is 0 Å². The molecule has 1 saturated heterocycles. The van der Waals surface area contributed by atoms with Crippen molar-refractivity contribution in [2.24, 2.45) is 0 Å². The second-order valence-corrected chi connectivity index (χ2v) is 7.61. The van der Waals surface area contributed by atoms with E-state index in [-0.39, 0.29) is 0 Å². The van der Waals surface area contributed by atoms with E-state index in [4.69, 9.17) is 4.98 Å². The largest absolute Gasteiger partial charge is 0.355 e. The number of piperidine rings is 1. The van der Waals surface area contributed by atoms with Gasteiger partial charge in [-0.25, -0.2) is 9.97 Å². The van der Waals surface area contributed by atoms with Crippen LogP contribution in [0.1, 0.15) is 36.4 Å². The molecule has 0 aliphatic carbocycles. The molecule has 0 aromatic carbocycles. The highest BCUT2D eigenvalue weighted by atomic mass is 32.1. The molecule has 0 unspecified atom stereocenters. The highest BCUT2D eigenvalue weighted by molar-refractivity contribution is 7.19. The maximum atomic E-state index is 4.76. The van der Waals surface area contributed by atoms with Crippen LogP contribution < -0.4 is 4.90 Å². The van der Waals surface area contributed by atoms with Crippen LogP contribution in [0.5, 0.6) is 0 Å². The lowest BCUT2D eigenvalue weighted by molar-refractivity contribution is 0.401. The number of rotatable bonds is 5. The summed E-state index contributed by atoms with van der Waals surface area (Å²) in [6.45, 7) is 5.42. The molecule has 1 fully saturated rings. The number of fused-ring (bicyclic) bond motifs is 1. The maximum absolute atomic E-state index is 4.76. The minimum atomic E-state index is 0.894. The van der Waals surface area contributed by atoms with Crippen molar-refractivity contribution in [1.29, 1.82) is 0 Å². The van der Waals surface area contributed by atoms with E-state index in [9.17, 15) is 0 Å². The first-order valence-corrected chi connectivity index (χ1v) is 9.12. The molecule has 0 atom stereocenters. The topological polar surface area (TPSA) is 32.3 Å². The van der Waals surface area contributed by atoms with Crippen molar-refractivity contribution in [2.45, 2.75) is 39.0 Å². The summed E-state index contributed by atoms with van der Waals surface area (Å²) in [5.41, 5.74) is 1.14. The number of nitrogens with zero attached hydrogens (tertiary/aromatic N) is 4. The van der Waals surface area contributed by atoms with Crippen molar-refractivity contribution in [1.82, 2.24) is 14.9 Å². The Morgan fingerprint density at radius 2 is 1.95 bits per heavy atom. The average Bonchev–Trinajstić information content (AvgIpc) is 2.89. The molecule has 5 heteroatoms. The first-order valence-electron chi connectivity index (χ1n) is 8.30. The molecule has 4 nitrogen and oxygen atoms in total. The lowest BCUT2D eigenvalue weighted by Gasteiger charge is -2.28. The predicted molar refractivity (Wildman–Crippen MR) is 95.1 cm³/mol. The van der Waals surface area contributed by atoms with Gasteiger partial charge >= 0.3 is 0 Å². The van der Waals surface area contributed by atoms with Gasteiger partial charge in [-0.2, -0.15) is 0 Å². The zero-order valence-electron chi connectivity index (χ0n) is 13.9. The van der Waals surface area contributed by atoms with Crippen molar-refractivity contribution < 1.29 is 0 Å². The molecular weight excluding hydrogens is 292 g/mol. The molecule has 2 aromatic rings. The average molecular weight is 318 g/mol. The zero-order chi connectivity index (χ0) is 15.5. The van der Waals surface area contributed by atoms with Crippen LogP contribution in [0.25, 0.3) is 10.2 Å². The molecule has 3 rings (SSSR count). The van der Waals surface area contributed by atoms with Gasteiger partial charge in [0.05, 0.1) is 10.2 Å². The van der Waals surface area contributed by atoms with Crippen LogP contribution in [0.2, 0.25) is 0 Å². The van der Waals surface area contributed by atoms with Gasteiger partial charge in [0, 0.05) is 18.0 Å². The number of aryl methyl sites for hydroxylation is 2. The van der Waals surface area contributed by atoms with E-state index >= 15 is 0 Å². The molecule has 3 heterocycles. The Morgan fingerprint density at radius 3 is 2.68 bits per heavy atom. The Bertz CT molecular complexity index is 629. The molecule has 0 spiro atoms. The van der Waals surface area contributed by atoms with E-state index in [1.54, 1.807) is 0 Å². The summed E-state index contributed by atoms with van der Waals surface area (Å²) in [4.78, 5) is 15.6. The van der Waals surface area contributed by atoms with Gasteiger partial charge < -0.3 is 9.80 Å². The van der Waals surface area contributed by atoms with E-state index in [2.05, 4.69) is 34.9 Å². The third kappa shape index (κ3) is 3.58. The van der Waals surface area contributed by atoms with E-state index < -0.39 is 0 Å². The van der Waals surface area contributed by atoms with Gasteiger partial charge in [-0.3, -0.25) is 0 Å². The Labute approximate surface area is 137 Å². The standard InChI is InChI=1S/C17H26N4S/c1-13-18-15-12-14(8-7-9-20(2)3)22-16(15)17(19-13)21-10-5-4-6-11-21/h12H,4-11H2,1-3H3. The summed E-state index contributed by atoms with van der Waals surface area (Å²) in [6, 6.07) is 2.28. The molecular formula is C17H26N4S. The fraction of sp³-hybridized carbons (Fsp3) is 0.647. The highest BCUT2D eigenvalue weighted by Gasteiger charge is 2.18. The van der Waals surface area contributed by atoms with Gasteiger partial charge in [0.2, 0.25) is 0 Å². The van der Waals surface area contributed by atoms with Crippen molar-refractivity contribution in [3.63, 3.8) is 0 Å². The monoisotopic (exact) mass is 318 g/mol. The Balaban J connectivity index is 1.86. The fourth-order valence-corrected chi connectivity index (χ4v) is 4.24. The van der Waals surface area contributed by atoms with Crippen LogP contribution >= 0.6 is 11.3 Å². The first kappa shape index (κ1) is 15.7. The van der Waals surface area contributed by atoms with Gasteiger partial charge in [0.25, 0.3) is 0 Å². The van der Waals surface area contributed by atoms with Crippen molar-refractivity contribution >= 4 is 27.4 Å². The Kier molecular flexibility index (Phi) is 4.93. The summed E-state index contributed by atoms with van der Waals surface area (Å²) in [7, 11) is 4.27. The fourth-order valence-electron chi connectivity index (χ4n) is 3.09. The van der Waals surface area contributed by atoms with Gasteiger partial charge in [0.15, 0.2) is 0 Å². The second-order valence-electron chi connectivity index (χ2n) is 6.48. The molecule has 22 heavy (non-hydrogen) atoms. The second kappa shape index (κ2) is 6.92. The molecule has 1 aliphatic heterocycles. The number of hydrogen-bond donors (Lipinski definition) is 0. The van der Waals surface area contributed by atoms with E-state index in [0.717, 1.165) is 37.4 Å². The molecule has 120 valence electrons. The van der Waals surface area contributed by atoms with Crippen LogP contribution in [0.15, 0.2) is 6.07 Å². The van der Waals surface area contributed by atoms with Crippen LogP contribution in [-0.4, -0.2) is 48.6 Å². The van der Waals surface area contributed by atoms with E-state index in [1.165, 1.54) is 41.1 Å². The third-order valence-electron chi connectivity index (χ3n) is 4.20. The molecule has 0 saturated carbocycles. The third-order valence-corrected chi connectivity index (χ3v) is 5.38. The predicted octanol–water partition coefficient (Wildman–Crippen LogP) is 3.48. The zero-order valence-corrected chi connectivity index (χ0v) is 14.7. The van der Waals surface area contributed by atoms with Crippen LogP contribution in [0.3, 0.4) is 0 Å².